The highest BCUT2D eigenvalue weighted by molar-refractivity contribution is 6.56. The van der Waals surface area contributed by atoms with E-state index in [0.717, 1.165) is 16.6 Å². The second-order valence-corrected chi connectivity index (χ2v) is 7.09. The first-order valence-corrected chi connectivity index (χ1v) is 8.06. The summed E-state index contributed by atoms with van der Waals surface area (Å²) in [6.45, 7) is 10.2. The summed E-state index contributed by atoms with van der Waals surface area (Å²) in [7, 11) is 0.833. The average molecular weight is 331 g/mol. The molecule has 0 amide bonds. The Morgan fingerprint density at radius 2 is 1.83 bits per heavy atom. The molecule has 1 fully saturated rings. The first-order valence-electron chi connectivity index (χ1n) is 8.06. The number of rotatable bonds is 4. The topological polar surface area (TPSA) is 70.8 Å². The Kier molecular flexibility index (Phi) is 5.23. The van der Waals surface area contributed by atoms with Gasteiger partial charge in [0.05, 0.1) is 23.9 Å². The van der Waals surface area contributed by atoms with Crippen LogP contribution < -0.4 is 5.73 Å². The number of nitrogens with two attached hydrogens (primary N) is 1. The number of aryl methyl sites for hydroxylation is 1. The fourth-order valence-electron chi connectivity index (χ4n) is 2.51. The Morgan fingerprint density at radius 1 is 1.25 bits per heavy atom. The van der Waals surface area contributed by atoms with Gasteiger partial charge in [0.1, 0.15) is 0 Å². The summed E-state index contributed by atoms with van der Waals surface area (Å²) in [5.74, 6) is -0.383. The minimum Gasteiger partial charge on any atom is -0.465 e. The van der Waals surface area contributed by atoms with Crippen molar-refractivity contribution in [1.82, 2.24) is 0 Å². The maximum Gasteiger partial charge on any atom is 0.491 e. The van der Waals surface area contributed by atoms with Crippen molar-refractivity contribution in [1.29, 1.82) is 0 Å². The zero-order valence-electron chi connectivity index (χ0n) is 15.3. The number of carbonyl (C=O) groups excluding carboxylic acids is 1. The van der Waals surface area contributed by atoms with Crippen molar-refractivity contribution >= 4 is 19.2 Å². The summed E-state index contributed by atoms with van der Waals surface area (Å²) in [5, 5.41) is 0. The maximum absolute atomic E-state index is 12.0. The van der Waals surface area contributed by atoms with Crippen molar-refractivity contribution in [3.8, 4) is 0 Å². The van der Waals surface area contributed by atoms with Gasteiger partial charge < -0.3 is 19.8 Å². The Balaban J connectivity index is 2.42. The third-order valence-corrected chi connectivity index (χ3v) is 4.74. The molecule has 6 heteroatoms. The fraction of sp³-hybridized carbons (Fsp3) is 0.500. The molecule has 0 unspecified atom stereocenters. The second-order valence-electron chi connectivity index (χ2n) is 7.09. The minimum atomic E-state index is -0.536. The van der Waals surface area contributed by atoms with Gasteiger partial charge in [0.15, 0.2) is 0 Å². The molecule has 130 valence electrons. The molecule has 0 bridgehead atoms. The van der Waals surface area contributed by atoms with Crippen molar-refractivity contribution in [2.75, 3.05) is 13.7 Å². The van der Waals surface area contributed by atoms with Crippen molar-refractivity contribution in [2.24, 2.45) is 5.73 Å². The van der Waals surface area contributed by atoms with Crippen LogP contribution in [-0.2, 0) is 14.0 Å². The van der Waals surface area contributed by atoms with Crippen LogP contribution in [0, 0.1) is 6.92 Å². The standard InChI is InChI=1S/C18H26BNO4/c1-12-7-8-15(16(21)22-6)13(9-12)10-14(11-20)19-23-17(2,3)18(4,5)24-19/h7-10H,11,20H2,1-6H3. The molecule has 2 rings (SSSR count). The van der Waals surface area contributed by atoms with E-state index in [4.69, 9.17) is 19.8 Å². The number of methoxy groups -OCH3 is 1. The second kappa shape index (κ2) is 6.71. The third-order valence-electron chi connectivity index (χ3n) is 4.74. The highest BCUT2D eigenvalue weighted by Gasteiger charge is 2.52. The van der Waals surface area contributed by atoms with Gasteiger partial charge in [-0.05, 0) is 51.7 Å². The van der Waals surface area contributed by atoms with Crippen molar-refractivity contribution in [3.63, 3.8) is 0 Å². The van der Waals surface area contributed by atoms with E-state index in [-0.39, 0.29) is 12.5 Å². The number of esters is 1. The first kappa shape index (κ1) is 18.7. The summed E-state index contributed by atoms with van der Waals surface area (Å²) in [6.07, 6.45) is 1.86. The van der Waals surface area contributed by atoms with Gasteiger partial charge in [0.25, 0.3) is 0 Å². The number of hydrogen-bond acceptors (Lipinski definition) is 5. The molecule has 0 saturated carbocycles. The van der Waals surface area contributed by atoms with E-state index in [2.05, 4.69) is 0 Å². The zero-order valence-corrected chi connectivity index (χ0v) is 15.3. The molecule has 1 aliphatic rings. The number of ether oxygens (including phenoxy) is 1. The Hall–Kier alpha value is -1.63. The lowest BCUT2D eigenvalue weighted by Gasteiger charge is -2.32. The van der Waals surface area contributed by atoms with Gasteiger partial charge in [-0.2, -0.15) is 0 Å². The van der Waals surface area contributed by atoms with Gasteiger partial charge in [-0.3, -0.25) is 0 Å². The first-order chi connectivity index (χ1) is 11.1. The van der Waals surface area contributed by atoms with E-state index < -0.39 is 18.3 Å². The monoisotopic (exact) mass is 331 g/mol. The molecule has 1 heterocycles. The molecule has 1 aromatic rings. The molecular weight excluding hydrogens is 305 g/mol. The number of hydrogen-bond donors (Lipinski definition) is 1. The predicted molar refractivity (Wildman–Crippen MR) is 95.6 cm³/mol. The van der Waals surface area contributed by atoms with Crippen LogP contribution >= 0.6 is 0 Å². The summed E-state index contributed by atoms with van der Waals surface area (Å²) < 4.78 is 17.0. The van der Waals surface area contributed by atoms with Crippen molar-refractivity contribution in [3.05, 3.63) is 40.4 Å². The zero-order chi connectivity index (χ0) is 18.1. The summed E-state index contributed by atoms with van der Waals surface area (Å²) in [4.78, 5) is 12.0. The Bertz CT molecular complexity index is 651. The Labute approximate surface area is 144 Å². The minimum absolute atomic E-state index is 0.269. The lowest BCUT2D eigenvalue weighted by molar-refractivity contribution is 0.00578. The number of benzene rings is 1. The summed E-state index contributed by atoms with van der Waals surface area (Å²) in [5.41, 5.74) is 8.11. The summed E-state index contributed by atoms with van der Waals surface area (Å²) in [6, 6.07) is 5.55. The van der Waals surface area contributed by atoms with Gasteiger partial charge in [-0.15, -0.1) is 0 Å². The van der Waals surface area contributed by atoms with Crippen LogP contribution in [0.5, 0.6) is 0 Å². The van der Waals surface area contributed by atoms with Crippen LogP contribution in [0.3, 0.4) is 0 Å². The molecule has 5 nitrogen and oxygen atoms in total. The molecule has 0 aromatic heterocycles. The van der Waals surface area contributed by atoms with Crippen molar-refractivity contribution in [2.45, 2.75) is 45.8 Å². The smallest absolute Gasteiger partial charge is 0.465 e. The van der Waals surface area contributed by atoms with E-state index in [1.165, 1.54) is 7.11 Å². The van der Waals surface area contributed by atoms with Gasteiger partial charge in [-0.25, -0.2) is 4.79 Å². The molecule has 0 aliphatic carbocycles. The van der Waals surface area contributed by atoms with Crippen LogP contribution in [0.2, 0.25) is 0 Å². The average Bonchev–Trinajstić information content (AvgIpc) is 2.72. The molecule has 1 saturated heterocycles. The van der Waals surface area contributed by atoms with Crippen LogP contribution in [0.15, 0.2) is 23.7 Å². The third kappa shape index (κ3) is 3.56. The largest absolute Gasteiger partial charge is 0.491 e. The summed E-state index contributed by atoms with van der Waals surface area (Å²) >= 11 is 0. The van der Waals surface area contributed by atoms with Gasteiger partial charge >= 0.3 is 13.1 Å². The van der Waals surface area contributed by atoms with Crippen LogP contribution in [-0.4, -0.2) is 37.9 Å². The molecule has 1 aromatic carbocycles. The predicted octanol–water partition coefficient (Wildman–Crippen LogP) is 2.76. The normalized spacial score (nSPS) is 19.5. The van der Waals surface area contributed by atoms with E-state index in [0.29, 0.717) is 5.56 Å². The SMILES string of the molecule is COC(=O)c1ccc(C)cc1C=C(CN)B1OC(C)(C)C(C)(C)O1. The van der Waals surface area contributed by atoms with Crippen LogP contribution in [0.25, 0.3) is 6.08 Å². The Morgan fingerprint density at radius 3 is 2.33 bits per heavy atom. The lowest BCUT2D eigenvalue weighted by atomic mass is 9.76. The molecule has 2 N–H and O–H groups in total. The number of carbonyl (C=O) groups is 1. The van der Waals surface area contributed by atoms with E-state index in [9.17, 15) is 4.79 Å². The maximum atomic E-state index is 12.0. The molecule has 24 heavy (non-hydrogen) atoms. The van der Waals surface area contributed by atoms with Crippen LogP contribution in [0.1, 0.15) is 49.2 Å². The van der Waals surface area contributed by atoms with E-state index in [1.54, 1.807) is 6.07 Å². The molecule has 0 atom stereocenters. The molecule has 0 radical (unpaired) electrons. The van der Waals surface area contributed by atoms with Crippen LogP contribution in [0.4, 0.5) is 0 Å². The van der Waals surface area contributed by atoms with Gasteiger partial charge in [0, 0.05) is 6.54 Å². The lowest BCUT2D eigenvalue weighted by Crippen LogP contribution is -2.41. The molecule has 1 aliphatic heterocycles. The highest BCUT2D eigenvalue weighted by atomic mass is 16.7. The molecule has 0 spiro atoms. The quantitative estimate of drug-likeness (QED) is 0.678. The molecular formula is C18H26BNO4. The fourth-order valence-corrected chi connectivity index (χ4v) is 2.51. The van der Waals surface area contributed by atoms with Crippen molar-refractivity contribution < 1.29 is 18.8 Å². The highest BCUT2D eigenvalue weighted by Crippen LogP contribution is 2.38. The van der Waals surface area contributed by atoms with E-state index >= 15 is 0 Å². The van der Waals surface area contributed by atoms with E-state index in [1.807, 2.05) is 52.8 Å². The van der Waals surface area contributed by atoms with Gasteiger partial charge in [0.2, 0.25) is 0 Å². The van der Waals surface area contributed by atoms with Gasteiger partial charge in [-0.1, -0.05) is 23.8 Å².